The van der Waals surface area contributed by atoms with Crippen molar-refractivity contribution >= 4 is 47.0 Å². The van der Waals surface area contributed by atoms with E-state index in [1.54, 1.807) is 12.1 Å². The van der Waals surface area contributed by atoms with Gasteiger partial charge in [0.05, 0.1) is 13.1 Å². The van der Waals surface area contributed by atoms with Gasteiger partial charge in [0.15, 0.2) is 5.96 Å². The summed E-state index contributed by atoms with van der Waals surface area (Å²) in [6, 6.07) is 3.84. The molecule has 0 saturated carbocycles. The van der Waals surface area contributed by atoms with Gasteiger partial charge in [0, 0.05) is 50.3 Å². The summed E-state index contributed by atoms with van der Waals surface area (Å²) in [5.41, 5.74) is 11.3. The summed E-state index contributed by atoms with van der Waals surface area (Å²) in [4.78, 5) is 81.8. The van der Waals surface area contributed by atoms with E-state index in [-0.39, 0.29) is 78.3 Å². The first-order chi connectivity index (χ1) is 23.2. The Hall–Kier alpha value is -4.53. The van der Waals surface area contributed by atoms with Crippen LogP contribution in [0, 0.1) is 16.7 Å². The second-order valence-corrected chi connectivity index (χ2v) is 14.0. The molecule has 1 unspecified atom stereocenters. The number of hydrogen-bond acceptors (Lipinski definition) is 8. The summed E-state index contributed by atoms with van der Waals surface area (Å²) < 4.78 is 0. The summed E-state index contributed by atoms with van der Waals surface area (Å²) in [6.45, 7) is 13.7. The van der Waals surface area contributed by atoms with E-state index in [1.165, 1.54) is 24.9 Å². The number of aliphatic imine (C=N–C) groups is 1. The summed E-state index contributed by atoms with van der Waals surface area (Å²) in [6.07, 6.45) is 1.45. The molecule has 0 radical (unpaired) electrons. The van der Waals surface area contributed by atoms with Gasteiger partial charge in [-0.1, -0.05) is 41.5 Å². The van der Waals surface area contributed by atoms with Gasteiger partial charge in [-0.3, -0.25) is 33.8 Å². The smallest absolute Gasteiger partial charge is 0.251 e. The number of anilines is 1. The Labute approximate surface area is 296 Å². The number of hydrogen-bond donors (Lipinski definition) is 7. The zero-order valence-corrected chi connectivity index (χ0v) is 31.2. The van der Waals surface area contributed by atoms with Crippen molar-refractivity contribution in [2.45, 2.75) is 86.7 Å². The highest BCUT2D eigenvalue weighted by atomic mass is 16.2. The van der Waals surface area contributed by atoms with Crippen molar-refractivity contribution in [3.63, 3.8) is 0 Å². The lowest BCUT2D eigenvalue weighted by atomic mass is 9.66. The molecule has 0 fully saturated rings. The molecule has 0 aromatic heterocycles. The Balaban J connectivity index is 3.21. The zero-order valence-electron chi connectivity index (χ0n) is 31.2. The maximum absolute atomic E-state index is 13.4. The Morgan fingerprint density at radius 2 is 1.58 bits per heavy atom. The van der Waals surface area contributed by atoms with Crippen molar-refractivity contribution < 1.29 is 28.8 Å². The van der Waals surface area contributed by atoms with Crippen LogP contribution in [0.5, 0.6) is 0 Å². The van der Waals surface area contributed by atoms with Crippen LogP contribution in [-0.2, 0) is 30.5 Å². The van der Waals surface area contributed by atoms with Gasteiger partial charge in [-0.15, -0.1) is 0 Å². The maximum Gasteiger partial charge on any atom is 0.251 e. The van der Waals surface area contributed by atoms with Crippen LogP contribution < -0.4 is 38.1 Å². The molecule has 0 bridgehead atoms. The fraction of sp³-hybridized carbons (Fsp3) is 0.629. The fourth-order valence-corrected chi connectivity index (χ4v) is 4.95. The monoisotopic (exact) mass is 701 g/mol. The van der Waals surface area contributed by atoms with Crippen LogP contribution in [0.1, 0.15) is 90.1 Å². The van der Waals surface area contributed by atoms with E-state index in [0.29, 0.717) is 30.6 Å². The molecule has 15 heteroatoms. The quantitative estimate of drug-likeness (QED) is 0.0555. The van der Waals surface area contributed by atoms with Crippen LogP contribution in [0.3, 0.4) is 0 Å². The van der Waals surface area contributed by atoms with Crippen molar-refractivity contribution in [3.05, 3.63) is 29.3 Å². The van der Waals surface area contributed by atoms with E-state index in [9.17, 15) is 28.8 Å². The summed E-state index contributed by atoms with van der Waals surface area (Å²) in [5, 5.41) is 14.1. The number of amides is 5. The highest BCUT2D eigenvalue weighted by Gasteiger charge is 2.38. The van der Waals surface area contributed by atoms with Gasteiger partial charge in [-0.2, -0.15) is 0 Å². The van der Waals surface area contributed by atoms with Crippen LogP contribution >= 0.6 is 0 Å². The average Bonchev–Trinajstić information content (AvgIpc) is 3.03. The number of nitrogens with one attached hydrogen (secondary N) is 5. The van der Waals surface area contributed by atoms with Crippen LogP contribution in [0.4, 0.5) is 5.69 Å². The van der Waals surface area contributed by atoms with E-state index >= 15 is 0 Å². The largest absolute Gasteiger partial charge is 0.370 e. The lowest BCUT2D eigenvalue weighted by molar-refractivity contribution is -0.138. The third kappa shape index (κ3) is 14.5. The minimum atomic E-state index is -0.949. The normalized spacial score (nSPS) is 12.6. The first-order valence-electron chi connectivity index (χ1n) is 17.0. The first-order valence-corrected chi connectivity index (χ1v) is 17.0. The van der Waals surface area contributed by atoms with Crippen molar-refractivity contribution in [1.82, 2.24) is 26.2 Å². The van der Waals surface area contributed by atoms with Crippen LogP contribution in [0.25, 0.3) is 0 Å². The Kier molecular flexibility index (Phi) is 17.6. The van der Waals surface area contributed by atoms with Gasteiger partial charge >= 0.3 is 0 Å². The van der Waals surface area contributed by atoms with Crippen LogP contribution in [0.2, 0.25) is 0 Å². The molecule has 9 N–H and O–H groups in total. The van der Waals surface area contributed by atoms with E-state index < -0.39 is 30.3 Å². The van der Waals surface area contributed by atoms with E-state index in [1.807, 2.05) is 34.7 Å². The van der Waals surface area contributed by atoms with Crippen LogP contribution in [-0.4, -0.2) is 92.5 Å². The van der Waals surface area contributed by atoms with Crippen molar-refractivity contribution in [2.75, 3.05) is 45.6 Å². The lowest BCUT2D eigenvalue weighted by Crippen LogP contribution is -2.51. The van der Waals surface area contributed by atoms with Gasteiger partial charge in [-0.05, 0) is 67.8 Å². The molecule has 1 aromatic carbocycles. The number of guanidine groups is 1. The minimum Gasteiger partial charge on any atom is -0.370 e. The van der Waals surface area contributed by atoms with Gasteiger partial charge in [0.1, 0.15) is 11.8 Å². The maximum atomic E-state index is 13.4. The predicted molar refractivity (Wildman–Crippen MR) is 195 cm³/mol. The van der Waals surface area contributed by atoms with Gasteiger partial charge in [0.2, 0.25) is 23.6 Å². The second kappa shape index (κ2) is 20.2. The van der Waals surface area contributed by atoms with E-state index in [0.717, 1.165) is 0 Å². The Morgan fingerprint density at radius 3 is 2.16 bits per heavy atom. The molecular weight excluding hydrogens is 642 g/mol. The third-order valence-corrected chi connectivity index (χ3v) is 9.12. The molecule has 1 aromatic rings. The second-order valence-electron chi connectivity index (χ2n) is 14.0. The highest BCUT2D eigenvalue weighted by molar-refractivity contribution is 5.99. The van der Waals surface area contributed by atoms with Gasteiger partial charge in [0.25, 0.3) is 5.91 Å². The summed E-state index contributed by atoms with van der Waals surface area (Å²) >= 11 is 0. The van der Waals surface area contributed by atoms with Gasteiger partial charge in [-0.25, -0.2) is 0 Å². The number of Topliss-reactive ketones (excluding diaryl/α,β-unsaturated/α-hetero) is 1. The topological polar surface area (TPSA) is 230 Å². The number of nitrogens with zero attached hydrogens (tertiary/aromatic N) is 2. The SMILES string of the molecule is CCC(C)C(=O)NCc1cc(NC(=O)CC(C)(C)C(C)(C)CNC)cc(C(=O)NCC(=O)N(C)[C@@H](CCCN=C(N)N)C(=O)NCC(C)=O)c1. The molecule has 0 heterocycles. The summed E-state index contributed by atoms with van der Waals surface area (Å²) in [5.74, 6) is -2.62. The number of benzene rings is 1. The molecule has 280 valence electrons. The van der Waals surface area contributed by atoms with E-state index in [4.69, 9.17) is 11.5 Å². The molecule has 0 aliphatic rings. The number of carbonyl (C=O) groups excluding carboxylic acids is 6. The number of ketones is 1. The van der Waals surface area contributed by atoms with Crippen molar-refractivity contribution in [3.8, 4) is 0 Å². The Morgan fingerprint density at radius 1 is 0.920 bits per heavy atom. The fourth-order valence-electron chi connectivity index (χ4n) is 4.95. The molecule has 1 rings (SSSR count). The highest BCUT2D eigenvalue weighted by Crippen LogP contribution is 2.41. The number of nitrogens with two attached hydrogens (primary N) is 2. The zero-order chi connectivity index (χ0) is 38.2. The molecule has 0 saturated heterocycles. The molecule has 5 amide bonds. The van der Waals surface area contributed by atoms with Crippen molar-refractivity contribution in [2.24, 2.45) is 33.2 Å². The standard InChI is InChI=1S/C35H59N9O6/c1-10-22(2)30(48)41-19-24-14-25(16-26(15-24)43-28(46)17-34(4,5)35(6,7)21-38-8)31(49)42-20-29(47)44(9)27(12-11-13-39-33(36)37)32(50)40-18-23(3)45/h14-16,22,27,38H,10-13,17-21H2,1-9H3,(H,40,50)(H,41,48)(H,42,49)(H,43,46)(H4,36,37,39)/t22?,27-/m0/s1. The number of rotatable bonds is 21. The molecule has 50 heavy (non-hydrogen) atoms. The third-order valence-electron chi connectivity index (χ3n) is 9.12. The molecule has 0 aliphatic heterocycles. The molecule has 0 aliphatic carbocycles. The minimum absolute atomic E-state index is 0.100. The number of carbonyl (C=O) groups is 6. The lowest BCUT2D eigenvalue weighted by Gasteiger charge is -2.41. The molecule has 2 atom stereocenters. The predicted octanol–water partition coefficient (Wildman–Crippen LogP) is 1.26. The van der Waals surface area contributed by atoms with Gasteiger partial charge < -0.3 is 43.0 Å². The Bertz CT molecular complexity index is 1390. The van der Waals surface area contributed by atoms with Crippen molar-refractivity contribution in [1.29, 1.82) is 0 Å². The molecular formula is C35H59N9O6. The molecule has 15 nitrogen and oxygen atoms in total. The van der Waals surface area contributed by atoms with E-state index in [2.05, 4.69) is 45.4 Å². The first kappa shape index (κ1) is 43.5. The number of likely N-dealkylation sites (N-methyl/N-ethyl adjacent to an activating group) is 1. The summed E-state index contributed by atoms with van der Waals surface area (Å²) in [7, 11) is 3.30. The van der Waals surface area contributed by atoms with Crippen LogP contribution in [0.15, 0.2) is 23.2 Å². The molecule has 0 spiro atoms. The average molecular weight is 702 g/mol.